The highest BCUT2D eigenvalue weighted by atomic mass is 16.3. The average Bonchev–Trinajstić information content (AvgIpc) is 2.56. The summed E-state index contributed by atoms with van der Waals surface area (Å²) in [5.41, 5.74) is 0. The van der Waals surface area contributed by atoms with Gasteiger partial charge >= 0.3 is 0 Å². The number of rotatable bonds is 17. The Bertz CT molecular complexity index is 267. The van der Waals surface area contributed by atoms with Crippen LogP contribution in [0.3, 0.4) is 0 Å². The minimum Gasteiger partial charge on any atom is -0.393 e. The van der Waals surface area contributed by atoms with Crippen LogP contribution in [0.1, 0.15) is 110 Å². The first-order valence-electron chi connectivity index (χ1n) is 10.3. The van der Waals surface area contributed by atoms with Gasteiger partial charge in [0.2, 0.25) is 0 Å². The third-order valence-corrected chi connectivity index (χ3v) is 4.35. The molecule has 0 heterocycles. The first-order chi connectivity index (χ1) is 11.3. The van der Waals surface area contributed by atoms with E-state index in [1.54, 1.807) is 0 Å². The molecule has 0 fully saturated rings. The Morgan fingerprint density at radius 2 is 0.957 bits per heavy atom. The molecule has 0 aliphatic carbocycles. The Labute approximate surface area is 146 Å². The normalized spacial score (nSPS) is 13.3. The molecule has 1 unspecified atom stereocenters. The van der Waals surface area contributed by atoms with Gasteiger partial charge in [-0.25, -0.2) is 0 Å². The molecule has 0 aromatic heterocycles. The zero-order chi connectivity index (χ0) is 17.0. The fourth-order valence-electron chi connectivity index (χ4n) is 2.75. The smallest absolute Gasteiger partial charge is 0.0540 e. The summed E-state index contributed by atoms with van der Waals surface area (Å²) in [7, 11) is 0. The summed E-state index contributed by atoms with van der Waals surface area (Å²) in [5.74, 6) is 0. The van der Waals surface area contributed by atoms with E-state index in [1.165, 1.54) is 64.2 Å². The molecule has 0 spiro atoms. The molecule has 1 heteroatoms. The van der Waals surface area contributed by atoms with E-state index in [4.69, 9.17) is 0 Å². The van der Waals surface area contributed by atoms with Crippen molar-refractivity contribution in [1.29, 1.82) is 0 Å². The second-order valence-electron chi connectivity index (χ2n) is 6.80. The minimum absolute atomic E-state index is 0.0861. The van der Waals surface area contributed by atoms with Crippen LogP contribution in [-0.4, -0.2) is 11.2 Å². The van der Waals surface area contributed by atoms with Crippen molar-refractivity contribution in [2.45, 2.75) is 116 Å². The summed E-state index contributed by atoms with van der Waals surface area (Å²) in [6.45, 7) is 4.49. The lowest BCUT2D eigenvalue weighted by Crippen LogP contribution is -2.05. The fraction of sp³-hybridized carbons (Fsp3) is 0.818. The lowest BCUT2D eigenvalue weighted by atomic mass is 10.0. The van der Waals surface area contributed by atoms with Crippen LogP contribution in [0, 0.1) is 0 Å². The predicted molar refractivity (Wildman–Crippen MR) is 105 cm³/mol. The molecule has 0 aromatic carbocycles. The van der Waals surface area contributed by atoms with Crippen molar-refractivity contribution >= 4 is 0 Å². The topological polar surface area (TPSA) is 20.2 Å². The zero-order valence-corrected chi connectivity index (χ0v) is 15.9. The Kier molecular flexibility index (Phi) is 19.0. The summed E-state index contributed by atoms with van der Waals surface area (Å²) in [4.78, 5) is 0. The van der Waals surface area contributed by atoms with Crippen molar-refractivity contribution in [3.8, 4) is 0 Å². The van der Waals surface area contributed by atoms with Crippen LogP contribution in [0.4, 0.5) is 0 Å². The van der Waals surface area contributed by atoms with Gasteiger partial charge in [-0.2, -0.15) is 0 Å². The molecule has 0 saturated carbocycles. The van der Waals surface area contributed by atoms with Gasteiger partial charge in [-0.3, -0.25) is 0 Å². The Hall–Kier alpha value is -0.560. The van der Waals surface area contributed by atoms with Gasteiger partial charge in [0, 0.05) is 0 Å². The van der Waals surface area contributed by atoms with Crippen LogP contribution in [0.2, 0.25) is 0 Å². The molecule has 0 aliphatic heterocycles. The average molecular weight is 323 g/mol. The zero-order valence-electron chi connectivity index (χ0n) is 15.9. The molecule has 1 nitrogen and oxygen atoms in total. The van der Waals surface area contributed by atoms with Crippen LogP contribution < -0.4 is 0 Å². The van der Waals surface area contributed by atoms with E-state index < -0.39 is 0 Å². The van der Waals surface area contributed by atoms with Gasteiger partial charge < -0.3 is 5.11 Å². The summed E-state index contributed by atoms with van der Waals surface area (Å²) >= 11 is 0. The molecule has 0 bridgehead atoms. The van der Waals surface area contributed by atoms with Gasteiger partial charge in [-0.15, -0.1) is 0 Å². The molecule has 0 rings (SSSR count). The van der Waals surface area contributed by atoms with Gasteiger partial charge in [-0.1, -0.05) is 70.3 Å². The third kappa shape index (κ3) is 19.4. The number of hydrogen-bond donors (Lipinski definition) is 1. The molecule has 0 aromatic rings. The summed E-state index contributed by atoms with van der Waals surface area (Å²) in [5, 5.41) is 9.98. The van der Waals surface area contributed by atoms with Crippen LogP contribution in [0.25, 0.3) is 0 Å². The molecule has 0 radical (unpaired) electrons. The molecule has 0 aliphatic rings. The molecule has 136 valence electrons. The highest BCUT2D eigenvalue weighted by molar-refractivity contribution is 4.82. The first-order valence-corrected chi connectivity index (χ1v) is 10.3. The van der Waals surface area contributed by atoms with Crippen LogP contribution in [-0.2, 0) is 0 Å². The van der Waals surface area contributed by atoms with Gasteiger partial charge in [-0.05, 0) is 64.2 Å². The third-order valence-electron chi connectivity index (χ3n) is 4.35. The highest BCUT2D eigenvalue weighted by Gasteiger charge is 2.02. The lowest BCUT2D eigenvalue weighted by molar-refractivity contribution is 0.149. The van der Waals surface area contributed by atoms with E-state index in [0.29, 0.717) is 0 Å². The van der Waals surface area contributed by atoms with E-state index in [2.05, 4.69) is 38.2 Å². The lowest BCUT2D eigenvalue weighted by Gasteiger charge is -2.08. The second-order valence-corrected chi connectivity index (χ2v) is 6.80. The number of unbranched alkanes of at least 4 members (excludes halogenated alkanes) is 9. The standard InChI is InChI=1S/C22H42O/c1-3-5-7-9-11-13-15-17-19-21-22(23)20-18-16-14-12-10-8-6-4-2/h11-14,22-23H,3-10,15-21H2,1-2H3. The predicted octanol–water partition coefficient (Wildman–Crippen LogP) is 7.35. The fourth-order valence-corrected chi connectivity index (χ4v) is 2.75. The number of aliphatic hydroxyl groups excluding tert-OH is 1. The SMILES string of the molecule is CCCCCC=CCCCCC(O)CCCC=CCCCCC. The maximum absolute atomic E-state index is 9.98. The minimum atomic E-state index is -0.0861. The van der Waals surface area contributed by atoms with E-state index >= 15 is 0 Å². The van der Waals surface area contributed by atoms with Gasteiger partial charge in [0.15, 0.2) is 0 Å². The second kappa shape index (κ2) is 19.5. The molecule has 0 amide bonds. The van der Waals surface area contributed by atoms with E-state index in [9.17, 15) is 5.11 Å². The van der Waals surface area contributed by atoms with Crippen molar-refractivity contribution in [1.82, 2.24) is 0 Å². The first kappa shape index (κ1) is 22.4. The Morgan fingerprint density at radius 1 is 0.565 bits per heavy atom. The summed E-state index contributed by atoms with van der Waals surface area (Å²) in [6.07, 6.45) is 27.4. The van der Waals surface area contributed by atoms with Crippen LogP contribution >= 0.6 is 0 Å². The summed E-state index contributed by atoms with van der Waals surface area (Å²) < 4.78 is 0. The largest absolute Gasteiger partial charge is 0.393 e. The Morgan fingerprint density at radius 3 is 1.43 bits per heavy atom. The number of hydrogen-bond acceptors (Lipinski definition) is 1. The van der Waals surface area contributed by atoms with Crippen molar-refractivity contribution < 1.29 is 5.11 Å². The van der Waals surface area contributed by atoms with Crippen molar-refractivity contribution in [2.75, 3.05) is 0 Å². The molecule has 1 N–H and O–H groups in total. The van der Waals surface area contributed by atoms with E-state index in [-0.39, 0.29) is 6.10 Å². The molecule has 23 heavy (non-hydrogen) atoms. The monoisotopic (exact) mass is 322 g/mol. The molecule has 0 saturated heterocycles. The molecular weight excluding hydrogens is 280 g/mol. The Balaban J connectivity index is 3.29. The van der Waals surface area contributed by atoms with Crippen molar-refractivity contribution in [3.05, 3.63) is 24.3 Å². The van der Waals surface area contributed by atoms with Crippen molar-refractivity contribution in [3.63, 3.8) is 0 Å². The number of allylic oxidation sites excluding steroid dienone is 4. The highest BCUT2D eigenvalue weighted by Crippen LogP contribution is 2.11. The van der Waals surface area contributed by atoms with Crippen LogP contribution in [0.5, 0.6) is 0 Å². The number of aliphatic hydroxyl groups is 1. The quantitative estimate of drug-likeness (QED) is 0.219. The van der Waals surface area contributed by atoms with Gasteiger partial charge in [0.25, 0.3) is 0 Å². The van der Waals surface area contributed by atoms with Crippen LogP contribution in [0.15, 0.2) is 24.3 Å². The molecule has 1 atom stereocenters. The van der Waals surface area contributed by atoms with Crippen molar-refractivity contribution in [2.24, 2.45) is 0 Å². The molecular formula is C22H42O. The maximum atomic E-state index is 9.98. The van der Waals surface area contributed by atoms with E-state index in [0.717, 1.165) is 32.1 Å². The van der Waals surface area contributed by atoms with E-state index in [1.807, 2.05) is 0 Å². The summed E-state index contributed by atoms with van der Waals surface area (Å²) in [6, 6.07) is 0. The van der Waals surface area contributed by atoms with Gasteiger partial charge in [0.05, 0.1) is 6.10 Å². The van der Waals surface area contributed by atoms with Gasteiger partial charge in [0.1, 0.15) is 0 Å². The maximum Gasteiger partial charge on any atom is 0.0540 e.